The molecule has 0 aliphatic carbocycles. The minimum Gasteiger partial charge on any atom is -0.391 e. The first-order valence-electron chi connectivity index (χ1n) is 14.2. The number of hydrogen-bond acceptors (Lipinski definition) is 2. The van der Waals surface area contributed by atoms with Crippen molar-refractivity contribution in [1.82, 2.24) is 0 Å². The number of aliphatic hydroxyl groups is 1. The van der Waals surface area contributed by atoms with Crippen molar-refractivity contribution in [2.24, 2.45) is 0 Å². The van der Waals surface area contributed by atoms with Crippen molar-refractivity contribution in [1.29, 1.82) is 0 Å². The molecule has 2 heteroatoms. The van der Waals surface area contributed by atoms with Gasteiger partial charge >= 0.3 is 0 Å². The summed E-state index contributed by atoms with van der Waals surface area (Å²) in [5.74, 6) is 0. The lowest BCUT2D eigenvalue weighted by atomic mass is 10.1. The van der Waals surface area contributed by atoms with Crippen LogP contribution in [-0.4, -0.2) is 24.4 Å². The Hall–Kier alpha value is -0.340. The zero-order valence-electron chi connectivity index (χ0n) is 21.6. The normalized spacial score (nSPS) is 12.7. The Morgan fingerprint density at radius 1 is 0.548 bits per heavy atom. The molecule has 0 unspecified atom stereocenters. The molecule has 0 bridgehead atoms. The van der Waals surface area contributed by atoms with Gasteiger partial charge in [-0.3, -0.25) is 0 Å². The topological polar surface area (TPSA) is 29.5 Å². The van der Waals surface area contributed by atoms with Crippen LogP contribution in [0.4, 0.5) is 0 Å². The van der Waals surface area contributed by atoms with Crippen molar-refractivity contribution in [3.63, 3.8) is 0 Å². The fraction of sp³-hybridized carbons (Fsp3) is 0.931. The van der Waals surface area contributed by atoms with Crippen LogP contribution < -0.4 is 0 Å². The second kappa shape index (κ2) is 27.7. The van der Waals surface area contributed by atoms with Crippen LogP contribution in [0.2, 0.25) is 0 Å². The molecule has 0 saturated heterocycles. The van der Waals surface area contributed by atoms with Crippen molar-refractivity contribution in [2.75, 3.05) is 13.2 Å². The SMILES string of the molecule is CCCCC/C=C\CCCCCCCCCCCOC[C@H](O)CCCCCCCCC. The van der Waals surface area contributed by atoms with Gasteiger partial charge in [0.2, 0.25) is 0 Å². The van der Waals surface area contributed by atoms with Gasteiger partial charge in [-0.2, -0.15) is 0 Å². The summed E-state index contributed by atoms with van der Waals surface area (Å²) in [6.07, 6.45) is 33.3. The zero-order chi connectivity index (χ0) is 22.7. The van der Waals surface area contributed by atoms with E-state index in [4.69, 9.17) is 4.74 Å². The summed E-state index contributed by atoms with van der Waals surface area (Å²) in [5.41, 5.74) is 0. The molecule has 0 fully saturated rings. The first kappa shape index (κ1) is 30.7. The number of unbranched alkanes of at least 4 members (excludes halogenated alkanes) is 18. The molecule has 0 spiro atoms. The molecule has 0 aliphatic heterocycles. The highest BCUT2D eigenvalue weighted by Gasteiger charge is 2.04. The van der Waals surface area contributed by atoms with Crippen molar-refractivity contribution in [3.8, 4) is 0 Å². The van der Waals surface area contributed by atoms with E-state index in [1.807, 2.05) is 0 Å². The number of hydrogen-bond donors (Lipinski definition) is 1. The lowest BCUT2D eigenvalue weighted by Gasteiger charge is -2.11. The molecule has 0 aromatic rings. The summed E-state index contributed by atoms with van der Waals surface area (Å²) in [5, 5.41) is 10.00. The Balaban J connectivity index is 3.14. The third-order valence-electron chi connectivity index (χ3n) is 6.25. The van der Waals surface area contributed by atoms with Crippen molar-refractivity contribution < 1.29 is 9.84 Å². The maximum absolute atomic E-state index is 10.00. The van der Waals surface area contributed by atoms with Gasteiger partial charge in [0.25, 0.3) is 0 Å². The molecule has 0 radical (unpaired) electrons. The molecular weight excluding hydrogens is 380 g/mol. The molecule has 186 valence electrons. The van der Waals surface area contributed by atoms with Gasteiger partial charge in [-0.1, -0.05) is 129 Å². The lowest BCUT2D eigenvalue weighted by Crippen LogP contribution is -2.15. The van der Waals surface area contributed by atoms with Crippen LogP contribution in [0.5, 0.6) is 0 Å². The Bertz CT molecular complexity index is 340. The van der Waals surface area contributed by atoms with Crippen molar-refractivity contribution in [2.45, 2.75) is 161 Å². The average molecular weight is 439 g/mol. The van der Waals surface area contributed by atoms with Gasteiger partial charge in [0.15, 0.2) is 0 Å². The smallest absolute Gasteiger partial charge is 0.0773 e. The fourth-order valence-electron chi connectivity index (χ4n) is 4.09. The molecule has 0 aliphatic rings. The average Bonchev–Trinajstić information content (AvgIpc) is 2.77. The van der Waals surface area contributed by atoms with Gasteiger partial charge in [-0.05, 0) is 38.5 Å². The first-order valence-corrected chi connectivity index (χ1v) is 14.2. The van der Waals surface area contributed by atoms with E-state index in [-0.39, 0.29) is 6.10 Å². The van der Waals surface area contributed by atoms with Gasteiger partial charge in [0.1, 0.15) is 0 Å². The number of rotatable bonds is 26. The Kier molecular flexibility index (Phi) is 27.4. The number of allylic oxidation sites excluding steroid dienone is 2. The highest BCUT2D eigenvalue weighted by Crippen LogP contribution is 2.12. The Morgan fingerprint density at radius 2 is 0.968 bits per heavy atom. The van der Waals surface area contributed by atoms with Crippen LogP contribution in [0.15, 0.2) is 12.2 Å². The quantitative estimate of drug-likeness (QED) is 0.108. The van der Waals surface area contributed by atoms with E-state index < -0.39 is 0 Å². The zero-order valence-corrected chi connectivity index (χ0v) is 21.6. The second-order valence-corrected chi connectivity index (χ2v) is 9.58. The molecule has 1 atom stereocenters. The van der Waals surface area contributed by atoms with E-state index in [2.05, 4.69) is 26.0 Å². The van der Waals surface area contributed by atoms with E-state index in [1.54, 1.807) is 0 Å². The van der Waals surface area contributed by atoms with E-state index >= 15 is 0 Å². The standard InChI is InChI=1S/C29H58O2/c1-3-5-7-9-11-12-13-14-15-16-17-18-19-21-23-25-27-31-28-29(30)26-24-22-20-10-8-6-4-2/h11-12,29-30H,3-10,13-28H2,1-2H3/b12-11-/t29-/m1/s1. The molecular formula is C29H58O2. The minimum atomic E-state index is -0.257. The van der Waals surface area contributed by atoms with Crippen LogP contribution in [-0.2, 0) is 4.74 Å². The van der Waals surface area contributed by atoms with E-state index in [0.717, 1.165) is 25.9 Å². The molecule has 0 aromatic carbocycles. The molecule has 0 heterocycles. The van der Waals surface area contributed by atoms with Gasteiger partial charge in [0.05, 0.1) is 12.7 Å². The van der Waals surface area contributed by atoms with E-state index in [9.17, 15) is 5.11 Å². The van der Waals surface area contributed by atoms with Crippen LogP contribution in [0.1, 0.15) is 155 Å². The van der Waals surface area contributed by atoms with E-state index in [0.29, 0.717) is 6.61 Å². The Labute approximate surface area is 196 Å². The molecule has 0 amide bonds. The summed E-state index contributed by atoms with van der Waals surface area (Å²) >= 11 is 0. The molecule has 1 N–H and O–H groups in total. The van der Waals surface area contributed by atoms with Crippen LogP contribution >= 0.6 is 0 Å². The molecule has 2 nitrogen and oxygen atoms in total. The summed E-state index contributed by atoms with van der Waals surface area (Å²) in [6, 6.07) is 0. The predicted octanol–water partition coefficient (Wildman–Crippen LogP) is 9.54. The molecule has 0 saturated carbocycles. The van der Waals surface area contributed by atoms with Crippen LogP contribution in [0, 0.1) is 0 Å². The highest BCUT2D eigenvalue weighted by molar-refractivity contribution is 4.81. The van der Waals surface area contributed by atoms with Gasteiger partial charge in [-0.25, -0.2) is 0 Å². The summed E-state index contributed by atoms with van der Waals surface area (Å²) in [4.78, 5) is 0. The fourth-order valence-corrected chi connectivity index (χ4v) is 4.09. The summed E-state index contributed by atoms with van der Waals surface area (Å²) in [6.45, 7) is 5.88. The first-order chi connectivity index (χ1) is 15.3. The van der Waals surface area contributed by atoms with Gasteiger partial charge in [0, 0.05) is 6.61 Å². The molecule has 0 rings (SSSR count). The maximum atomic E-state index is 10.00. The van der Waals surface area contributed by atoms with Crippen molar-refractivity contribution in [3.05, 3.63) is 12.2 Å². The third-order valence-corrected chi connectivity index (χ3v) is 6.25. The largest absolute Gasteiger partial charge is 0.391 e. The lowest BCUT2D eigenvalue weighted by molar-refractivity contribution is 0.0297. The van der Waals surface area contributed by atoms with Crippen LogP contribution in [0.3, 0.4) is 0 Å². The summed E-state index contributed by atoms with van der Waals surface area (Å²) in [7, 11) is 0. The highest BCUT2D eigenvalue weighted by atomic mass is 16.5. The number of ether oxygens (including phenoxy) is 1. The van der Waals surface area contributed by atoms with Gasteiger partial charge in [-0.15, -0.1) is 0 Å². The maximum Gasteiger partial charge on any atom is 0.0773 e. The van der Waals surface area contributed by atoms with Crippen molar-refractivity contribution >= 4 is 0 Å². The van der Waals surface area contributed by atoms with Crippen LogP contribution in [0.25, 0.3) is 0 Å². The van der Waals surface area contributed by atoms with Gasteiger partial charge < -0.3 is 9.84 Å². The molecule has 0 aromatic heterocycles. The van der Waals surface area contributed by atoms with E-state index in [1.165, 1.54) is 122 Å². The Morgan fingerprint density at radius 3 is 1.55 bits per heavy atom. The predicted molar refractivity (Wildman–Crippen MR) is 139 cm³/mol. The minimum absolute atomic E-state index is 0.257. The summed E-state index contributed by atoms with van der Waals surface area (Å²) < 4.78 is 5.67. The molecule has 31 heavy (non-hydrogen) atoms. The third kappa shape index (κ3) is 27.6. The number of aliphatic hydroxyl groups excluding tert-OH is 1. The second-order valence-electron chi connectivity index (χ2n) is 9.58. The monoisotopic (exact) mass is 438 g/mol.